The highest BCUT2D eigenvalue weighted by Crippen LogP contribution is 2.31. The molecular weight excluding hydrogens is 440 g/mol. The van der Waals surface area contributed by atoms with Crippen LogP contribution < -0.4 is 5.43 Å². The third kappa shape index (κ3) is 4.24. The van der Waals surface area contributed by atoms with Crippen LogP contribution >= 0.6 is 31.9 Å². The van der Waals surface area contributed by atoms with Gasteiger partial charge in [0, 0.05) is 10.0 Å². The third-order valence-corrected chi connectivity index (χ3v) is 4.22. The largest absolute Gasteiger partial charge is 0.507 e. The first-order valence-corrected chi connectivity index (χ1v) is 8.45. The van der Waals surface area contributed by atoms with Crippen LogP contribution in [0.2, 0.25) is 0 Å². The maximum atomic E-state index is 12.1. The van der Waals surface area contributed by atoms with Crippen molar-refractivity contribution in [3.63, 3.8) is 0 Å². The van der Waals surface area contributed by atoms with Crippen molar-refractivity contribution >= 4 is 44.0 Å². The second-order valence-electron chi connectivity index (χ2n) is 4.83. The van der Waals surface area contributed by atoms with Gasteiger partial charge in [0.15, 0.2) is 0 Å². The number of halogens is 2. The molecule has 0 radical (unpaired) electrons. The van der Waals surface area contributed by atoms with Gasteiger partial charge in [-0.3, -0.25) is 4.79 Å². The molecule has 0 aliphatic carbocycles. The van der Waals surface area contributed by atoms with E-state index in [-0.39, 0.29) is 17.1 Å². The smallest absolute Gasteiger partial charge is 0.275 e. The molecule has 0 heterocycles. The van der Waals surface area contributed by atoms with E-state index < -0.39 is 5.91 Å². The Morgan fingerprint density at radius 2 is 2.00 bits per heavy atom. The number of hydrogen-bond acceptors (Lipinski definition) is 4. The molecule has 0 saturated carbocycles. The molecule has 0 unspecified atom stereocenters. The zero-order valence-corrected chi connectivity index (χ0v) is 15.6. The van der Waals surface area contributed by atoms with Gasteiger partial charge in [-0.05, 0) is 46.1 Å². The van der Waals surface area contributed by atoms with Crippen LogP contribution in [0.25, 0.3) is 0 Å². The molecule has 5 nitrogen and oxygen atoms in total. The van der Waals surface area contributed by atoms with Crippen LogP contribution in [0.4, 0.5) is 0 Å². The van der Waals surface area contributed by atoms with Crippen molar-refractivity contribution in [2.24, 2.45) is 5.10 Å². The fourth-order valence-corrected chi connectivity index (χ4v) is 3.22. The van der Waals surface area contributed by atoms with Gasteiger partial charge < -0.3 is 10.2 Å². The summed E-state index contributed by atoms with van der Waals surface area (Å²) in [6, 6.07) is 8.33. The monoisotopic (exact) mass is 452 g/mol. The quantitative estimate of drug-likeness (QED) is 0.362. The molecule has 0 aliphatic heterocycles. The van der Waals surface area contributed by atoms with E-state index in [0.29, 0.717) is 26.5 Å². The summed E-state index contributed by atoms with van der Waals surface area (Å²) in [5.41, 5.74) is 3.57. The van der Waals surface area contributed by atoms with Crippen molar-refractivity contribution in [2.45, 2.75) is 6.42 Å². The zero-order valence-electron chi connectivity index (χ0n) is 12.5. The van der Waals surface area contributed by atoms with Crippen molar-refractivity contribution in [2.75, 3.05) is 0 Å². The standard InChI is InChI=1S/C17H14Br2N2O3/c1-2-4-10-5-3-6-11(15(10)22)9-20-21-17(24)13-7-12(18)8-14(19)16(13)23/h2-3,5-9,22-23H,1,4H2,(H,21,24)/b20-9+. The molecule has 7 heteroatoms. The van der Waals surface area contributed by atoms with Crippen molar-refractivity contribution in [1.82, 2.24) is 5.43 Å². The van der Waals surface area contributed by atoms with Crippen molar-refractivity contribution in [1.29, 1.82) is 0 Å². The van der Waals surface area contributed by atoms with Gasteiger partial charge in [-0.25, -0.2) is 5.43 Å². The van der Waals surface area contributed by atoms with Gasteiger partial charge in [-0.1, -0.05) is 34.1 Å². The molecule has 0 atom stereocenters. The number of aromatic hydroxyl groups is 2. The SMILES string of the molecule is C=CCc1cccc(/C=N/NC(=O)c2cc(Br)cc(Br)c2O)c1O. The van der Waals surface area contributed by atoms with Crippen molar-refractivity contribution in [3.05, 3.63) is 68.6 Å². The minimum Gasteiger partial charge on any atom is -0.507 e. The lowest BCUT2D eigenvalue weighted by atomic mass is 10.1. The maximum Gasteiger partial charge on any atom is 0.275 e. The molecule has 2 aromatic carbocycles. The van der Waals surface area contributed by atoms with E-state index in [0.717, 1.165) is 0 Å². The highest BCUT2D eigenvalue weighted by atomic mass is 79.9. The Morgan fingerprint density at radius 1 is 1.25 bits per heavy atom. The minimum atomic E-state index is -0.576. The number of benzene rings is 2. The predicted octanol–water partition coefficient (Wildman–Crippen LogP) is 4.12. The number of rotatable bonds is 5. The summed E-state index contributed by atoms with van der Waals surface area (Å²) in [5, 5.41) is 23.9. The summed E-state index contributed by atoms with van der Waals surface area (Å²) < 4.78 is 1.02. The van der Waals surface area contributed by atoms with Gasteiger partial charge in [0.2, 0.25) is 0 Å². The molecule has 2 aromatic rings. The molecule has 0 fully saturated rings. The summed E-state index contributed by atoms with van der Waals surface area (Å²) in [7, 11) is 0. The van der Waals surface area contributed by atoms with E-state index in [1.165, 1.54) is 12.3 Å². The summed E-state index contributed by atoms with van der Waals surface area (Å²) in [4.78, 5) is 12.1. The summed E-state index contributed by atoms with van der Waals surface area (Å²) in [5.74, 6) is -0.669. The van der Waals surface area contributed by atoms with Gasteiger partial charge >= 0.3 is 0 Å². The Kier molecular flexibility index (Phi) is 6.16. The molecule has 124 valence electrons. The van der Waals surface area contributed by atoms with E-state index in [4.69, 9.17) is 0 Å². The van der Waals surface area contributed by atoms with Crippen molar-refractivity contribution in [3.8, 4) is 11.5 Å². The lowest BCUT2D eigenvalue weighted by molar-refractivity contribution is 0.0952. The number of phenolic OH excluding ortho intramolecular Hbond substituents is 2. The fourth-order valence-electron chi connectivity index (χ4n) is 2.00. The Morgan fingerprint density at radius 3 is 2.71 bits per heavy atom. The number of nitrogens with one attached hydrogen (secondary N) is 1. The Labute approximate surface area is 156 Å². The topological polar surface area (TPSA) is 81.9 Å². The molecule has 0 bridgehead atoms. The fraction of sp³-hybridized carbons (Fsp3) is 0.0588. The molecule has 24 heavy (non-hydrogen) atoms. The first-order chi connectivity index (χ1) is 11.4. The van der Waals surface area contributed by atoms with E-state index in [1.54, 1.807) is 30.3 Å². The Balaban J connectivity index is 2.16. The van der Waals surface area contributed by atoms with Crippen LogP contribution in [0.15, 0.2) is 57.0 Å². The molecule has 3 N–H and O–H groups in total. The minimum absolute atomic E-state index is 0.0676. The maximum absolute atomic E-state index is 12.1. The molecule has 0 aromatic heterocycles. The number of phenols is 2. The van der Waals surface area contributed by atoms with E-state index >= 15 is 0 Å². The summed E-state index contributed by atoms with van der Waals surface area (Å²) >= 11 is 6.41. The second kappa shape index (κ2) is 8.12. The second-order valence-corrected chi connectivity index (χ2v) is 6.60. The Hall–Kier alpha value is -2.12. The lowest BCUT2D eigenvalue weighted by Crippen LogP contribution is -2.18. The highest BCUT2D eigenvalue weighted by Gasteiger charge is 2.14. The van der Waals surface area contributed by atoms with Gasteiger partial charge in [-0.15, -0.1) is 6.58 Å². The van der Waals surface area contributed by atoms with Crippen LogP contribution in [-0.4, -0.2) is 22.3 Å². The number of allylic oxidation sites excluding steroid dienone is 1. The third-order valence-electron chi connectivity index (χ3n) is 3.16. The van der Waals surface area contributed by atoms with Gasteiger partial charge in [0.25, 0.3) is 5.91 Å². The van der Waals surface area contributed by atoms with Crippen LogP contribution in [-0.2, 0) is 6.42 Å². The molecule has 0 spiro atoms. The lowest BCUT2D eigenvalue weighted by Gasteiger charge is -2.06. The van der Waals surface area contributed by atoms with E-state index in [2.05, 4.69) is 49.0 Å². The van der Waals surface area contributed by atoms with E-state index in [9.17, 15) is 15.0 Å². The number of carbonyl (C=O) groups excluding carboxylic acids is 1. The zero-order chi connectivity index (χ0) is 17.7. The average Bonchev–Trinajstić information content (AvgIpc) is 2.54. The number of hydrazone groups is 1. The number of carbonyl (C=O) groups is 1. The van der Waals surface area contributed by atoms with Crippen LogP contribution in [0, 0.1) is 0 Å². The highest BCUT2D eigenvalue weighted by molar-refractivity contribution is 9.11. The first kappa shape index (κ1) is 18.2. The normalized spacial score (nSPS) is 10.8. The van der Waals surface area contributed by atoms with E-state index in [1.807, 2.05) is 0 Å². The van der Waals surface area contributed by atoms with Gasteiger partial charge in [0.05, 0.1) is 16.3 Å². The number of nitrogens with zero attached hydrogens (tertiary/aromatic N) is 1. The molecule has 1 amide bonds. The molecule has 0 aliphatic rings. The number of para-hydroxylation sites is 1. The van der Waals surface area contributed by atoms with Gasteiger partial charge in [-0.2, -0.15) is 5.10 Å². The average molecular weight is 454 g/mol. The Bertz CT molecular complexity index is 820. The molecule has 2 rings (SSSR count). The first-order valence-electron chi connectivity index (χ1n) is 6.87. The summed E-state index contributed by atoms with van der Waals surface area (Å²) in [6.07, 6.45) is 3.55. The van der Waals surface area contributed by atoms with Gasteiger partial charge in [0.1, 0.15) is 11.5 Å². The number of amides is 1. The molecular formula is C17H14Br2N2O3. The number of hydrogen-bond donors (Lipinski definition) is 3. The van der Waals surface area contributed by atoms with Crippen LogP contribution in [0.3, 0.4) is 0 Å². The van der Waals surface area contributed by atoms with Crippen LogP contribution in [0.1, 0.15) is 21.5 Å². The van der Waals surface area contributed by atoms with Crippen molar-refractivity contribution < 1.29 is 15.0 Å². The van der Waals surface area contributed by atoms with Crippen LogP contribution in [0.5, 0.6) is 11.5 Å². The predicted molar refractivity (Wildman–Crippen MR) is 101 cm³/mol. The summed E-state index contributed by atoms with van der Waals surface area (Å²) in [6.45, 7) is 3.63. The molecule has 0 saturated heterocycles.